The Hall–Kier alpha value is -1.96. The number of piperidine rings is 1. The van der Waals surface area contributed by atoms with Crippen LogP contribution >= 0.6 is 0 Å². The van der Waals surface area contributed by atoms with Crippen LogP contribution in [0.15, 0.2) is 30.5 Å². The summed E-state index contributed by atoms with van der Waals surface area (Å²) in [4.78, 5) is 3.81. The first-order valence-corrected chi connectivity index (χ1v) is 7.06. The van der Waals surface area contributed by atoms with E-state index in [1.54, 1.807) is 0 Å². The van der Waals surface area contributed by atoms with Crippen LogP contribution in [0, 0.1) is 0 Å². The van der Waals surface area contributed by atoms with Crippen molar-refractivity contribution in [2.24, 2.45) is 0 Å². The van der Waals surface area contributed by atoms with Gasteiger partial charge in [0.25, 0.3) is 5.92 Å². The van der Waals surface area contributed by atoms with Gasteiger partial charge in [-0.05, 0) is 24.3 Å². The van der Waals surface area contributed by atoms with Crippen LogP contribution in [-0.2, 0) is 6.18 Å². The highest BCUT2D eigenvalue weighted by Gasteiger charge is 2.37. The minimum atomic E-state index is -4.52. The molecule has 1 fully saturated rings. The lowest BCUT2D eigenvalue weighted by atomic mass is 10.0. The smallest absolute Gasteiger partial charge is 0.380 e. The number of rotatable bonds is 2. The van der Waals surface area contributed by atoms with E-state index < -0.39 is 23.7 Å². The van der Waals surface area contributed by atoms with Crippen LogP contribution in [0.3, 0.4) is 0 Å². The molecule has 124 valence electrons. The molecule has 0 bridgehead atoms. The maximum absolute atomic E-state index is 13.4. The second kappa shape index (κ2) is 5.59. The van der Waals surface area contributed by atoms with Crippen molar-refractivity contribution in [3.05, 3.63) is 36.0 Å². The minimum Gasteiger partial charge on any atom is -0.380 e. The third-order valence-electron chi connectivity index (χ3n) is 3.75. The zero-order valence-corrected chi connectivity index (χ0v) is 11.9. The van der Waals surface area contributed by atoms with Crippen molar-refractivity contribution in [1.29, 1.82) is 0 Å². The van der Waals surface area contributed by atoms with Crippen LogP contribution in [0.2, 0.25) is 0 Å². The van der Waals surface area contributed by atoms with Gasteiger partial charge in [0, 0.05) is 36.3 Å². The molecular formula is C15H14F5N3. The van der Waals surface area contributed by atoms with Gasteiger partial charge in [-0.25, -0.2) is 8.78 Å². The molecule has 1 aromatic carbocycles. The maximum Gasteiger partial charge on any atom is 0.418 e. The number of hydrogen-bond donors (Lipinski definition) is 2. The second-order valence-electron chi connectivity index (χ2n) is 5.59. The topological polar surface area (TPSA) is 37.0 Å². The predicted octanol–water partition coefficient (Wildman–Crippen LogP) is 3.66. The summed E-state index contributed by atoms with van der Waals surface area (Å²) < 4.78 is 66.0. The number of nitrogens with one attached hydrogen (secondary N) is 2. The van der Waals surface area contributed by atoms with Crippen molar-refractivity contribution < 1.29 is 22.0 Å². The monoisotopic (exact) mass is 331 g/mol. The third kappa shape index (κ3) is 3.36. The summed E-state index contributed by atoms with van der Waals surface area (Å²) in [6.45, 7) is -0.0706. The number of alkyl halides is 5. The Labute approximate surface area is 128 Å². The molecule has 2 N–H and O–H groups in total. The van der Waals surface area contributed by atoms with Crippen molar-refractivity contribution >= 4 is 16.6 Å². The van der Waals surface area contributed by atoms with Gasteiger partial charge in [0.2, 0.25) is 0 Å². The van der Waals surface area contributed by atoms with E-state index >= 15 is 0 Å². The Kier molecular flexibility index (Phi) is 3.87. The van der Waals surface area contributed by atoms with Crippen molar-refractivity contribution in [3.63, 3.8) is 0 Å². The molecule has 2 aromatic rings. The van der Waals surface area contributed by atoms with Gasteiger partial charge in [-0.3, -0.25) is 4.98 Å². The molecule has 0 aliphatic carbocycles. The lowest BCUT2D eigenvalue weighted by Gasteiger charge is -2.31. The highest BCUT2D eigenvalue weighted by atomic mass is 19.4. The number of pyridine rings is 1. The molecule has 0 radical (unpaired) electrons. The molecule has 1 aliphatic rings. The van der Waals surface area contributed by atoms with E-state index in [1.807, 2.05) is 0 Å². The molecule has 1 atom stereocenters. The first kappa shape index (κ1) is 15.9. The van der Waals surface area contributed by atoms with Crippen molar-refractivity contribution in [2.75, 3.05) is 18.4 Å². The predicted molar refractivity (Wildman–Crippen MR) is 76.6 cm³/mol. The van der Waals surface area contributed by atoms with Crippen LogP contribution in [0.1, 0.15) is 12.0 Å². The molecule has 2 heterocycles. The van der Waals surface area contributed by atoms with Crippen LogP contribution in [0.5, 0.6) is 0 Å². The average Bonchev–Trinajstić information content (AvgIpc) is 2.45. The van der Waals surface area contributed by atoms with Crippen molar-refractivity contribution in [1.82, 2.24) is 10.3 Å². The van der Waals surface area contributed by atoms with Gasteiger partial charge in [-0.1, -0.05) is 0 Å². The molecule has 8 heteroatoms. The zero-order valence-electron chi connectivity index (χ0n) is 11.9. The van der Waals surface area contributed by atoms with Gasteiger partial charge in [-0.2, -0.15) is 13.2 Å². The largest absolute Gasteiger partial charge is 0.418 e. The molecule has 1 aliphatic heterocycles. The van der Waals surface area contributed by atoms with Crippen molar-refractivity contribution in [3.8, 4) is 0 Å². The Morgan fingerprint density at radius 1 is 1.22 bits per heavy atom. The SMILES string of the molecule is FC1(F)CNC[C@H](Nc2ccc(C(F)(F)F)c3ncccc23)C1. The molecule has 23 heavy (non-hydrogen) atoms. The summed E-state index contributed by atoms with van der Waals surface area (Å²) in [5.41, 5.74) is -0.670. The van der Waals surface area contributed by atoms with Crippen LogP contribution in [-0.4, -0.2) is 30.0 Å². The van der Waals surface area contributed by atoms with Gasteiger partial charge in [0.1, 0.15) is 0 Å². The number of anilines is 1. The summed E-state index contributed by atoms with van der Waals surface area (Å²) >= 11 is 0. The fraction of sp³-hybridized carbons (Fsp3) is 0.400. The Balaban J connectivity index is 1.96. The van der Waals surface area contributed by atoms with Crippen LogP contribution in [0.4, 0.5) is 27.6 Å². The molecule has 0 spiro atoms. The van der Waals surface area contributed by atoms with E-state index in [0.717, 1.165) is 6.07 Å². The first-order chi connectivity index (χ1) is 10.8. The number of benzene rings is 1. The summed E-state index contributed by atoms with van der Waals surface area (Å²) in [5.74, 6) is -2.84. The Morgan fingerprint density at radius 3 is 2.70 bits per heavy atom. The third-order valence-corrected chi connectivity index (χ3v) is 3.75. The number of halogens is 5. The van der Waals surface area contributed by atoms with E-state index in [-0.39, 0.29) is 23.9 Å². The Bertz CT molecular complexity index is 714. The van der Waals surface area contributed by atoms with Crippen molar-refractivity contribution in [2.45, 2.75) is 24.6 Å². The standard InChI is InChI=1S/C15H14F5N3/c16-14(17)6-9(7-21-8-14)23-12-4-3-11(15(18,19)20)13-10(12)2-1-5-22-13/h1-5,9,21,23H,6-8H2/t9-/m1/s1. The molecule has 3 nitrogen and oxygen atoms in total. The number of aromatic nitrogens is 1. The molecule has 1 aromatic heterocycles. The van der Waals surface area contributed by atoms with Crippen LogP contribution < -0.4 is 10.6 Å². The summed E-state index contributed by atoms with van der Waals surface area (Å²) in [6.07, 6.45) is -3.62. The molecule has 0 unspecified atom stereocenters. The zero-order chi connectivity index (χ0) is 16.7. The van der Waals surface area contributed by atoms with Gasteiger partial charge < -0.3 is 10.6 Å². The minimum absolute atomic E-state index is 0.194. The average molecular weight is 331 g/mol. The van der Waals surface area contributed by atoms with E-state index in [1.165, 1.54) is 24.4 Å². The summed E-state index contributed by atoms with van der Waals surface area (Å²) in [7, 11) is 0. The lowest BCUT2D eigenvalue weighted by molar-refractivity contribution is -0.136. The van der Waals surface area contributed by atoms with Crippen LogP contribution in [0.25, 0.3) is 10.9 Å². The normalized spacial score (nSPS) is 21.3. The molecular weight excluding hydrogens is 317 g/mol. The highest BCUT2D eigenvalue weighted by Crippen LogP contribution is 2.37. The van der Waals surface area contributed by atoms with Gasteiger partial charge in [-0.15, -0.1) is 0 Å². The van der Waals surface area contributed by atoms with Gasteiger partial charge in [0.15, 0.2) is 0 Å². The summed E-state index contributed by atoms with van der Waals surface area (Å²) in [6, 6.07) is 4.63. The number of hydrogen-bond acceptors (Lipinski definition) is 3. The highest BCUT2D eigenvalue weighted by molar-refractivity contribution is 5.93. The lowest BCUT2D eigenvalue weighted by Crippen LogP contribution is -2.49. The maximum atomic E-state index is 13.4. The van der Waals surface area contributed by atoms with E-state index in [9.17, 15) is 22.0 Å². The van der Waals surface area contributed by atoms with Gasteiger partial charge >= 0.3 is 6.18 Å². The Morgan fingerprint density at radius 2 is 2.00 bits per heavy atom. The fourth-order valence-electron chi connectivity index (χ4n) is 2.78. The molecule has 1 saturated heterocycles. The quantitative estimate of drug-likeness (QED) is 0.825. The molecule has 0 amide bonds. The van der Waals surface area contributed by atoms with E-state index in [4.69, 9.17) is 0 Å². The molecule has 3 rings (SSSR count). The van der Waals surface area contributed by atoms with E-state index in [2.05, 4.69) is 15.6 Å². The first-order valence-electron chi connectivity index (χ1n) is 7.06. The van der Waals surface area contributed by atoms with E-state index in [0.29, 0.717) is 12.2 Å². The number of fused-ring (bicyclic) bond motifs is 1. The van der Waals surface area contributed by atoms with Gasteiger partial charge in [0.05, 0.1) is 17.6 Å². The molecule has 0 saturated carbocycles. The second-order valence-corrected chi connectivity index (χ2v) is 5.59. The number of nitrogens with zero attached hydrogens (tertiary/aromatic N) is 1. The summed E-state index contributed by atoms with van der Waals surface area (Å²) in [5, 5.41) is 5.79. The fourth-order valence-corrected chi connectivity index (χ4v) is 2.78.